The lowest BCUT2D eigenvalue weighted by Gasteiger charge is -2.26. The lowest BCUT2D eigenvalue weighted by molar-refractivity contribution is 0.282. The topological polar surface area (TPSA) is 12.0 Å². The third-order valence-corrected chi connectivity index (χ3v) is 4.74. The molecule has 0 atom stereocenters. The first-order chi connectivity index (χ1) is 9.15. The molecule has 1 nitrogen and oxygen atoms in total. The average molecular weight is 300 g/mol. The number of hydrogen-bond donors (Lipinski definition) is 1. The second-order valence-corrected chi connectivity index (χ2v) is 6.66. The summed E-state index contributed by atoms with van der Waals surface area (Å²) in [5.74, 6) is 1.81. The van der Waals surface area contributed by atoms with E-state index < -0.39 is 0 Å². The molecule has 2 rings (SSSR count). The van der Waals surface area contributed by atoms with Crippen LogP contribution in [-0.2, 0) is 6.42 Å². The van der Waals surface area contributed by atoms with Crippen molar-refractivity contribution in [1.29, 1.82) is 0 Å². The molecule has 1 saturated carbocycles. The molecule has 0 saturated heterocycles. The van der Waals surface area contributed by atoms with Crippen LogP contribution in [0, 0.1) is 11.8 Å². The highest BCUT2D eigenvalue weighted by Gasteiger charge is 2.17. The molecule has 3 heteroatoms. The van der Waals surface area contributed by atoms with Crippen LogP contribution >= 0.6 is 23.2 Å². The lowest BCUT2D eigenvalue weighted by atomic mass is 9.83. The Kier molecular flexibility index (Phi) is 6.00. The lowest BCUT2D eigenvalue weighted by Crippen LogP contribution is -2.27. The van der Waals surface area contributed by atoms with Crippen molar-refractivity contribution in [3.05, 3.63) is 33.8 Å². The Morgan fingerprint density at radius 1 is 1.16 bits per heavy atom. The maximum Gasteiger partial charge on any atom is 0.0453 e. The Bertz CT molecular complexity index is 398. The smallest absolute Gasteiger partial charge is 0.0453 e. The van der Waals surface area contributed by atoms with E-state index >= 15 is 0 Å². The molecule has 1 aliphatic carbocycles. The normalized spacial score (nSPS) is 23.5. The number of hydrogen-bond acceptors (Lipinski definition) is 1. The molecule has 106 valence electrons. The number of rotatable bonds is 5. The molecule has 0 aliphatic heterocycles. The molecule has 0 bridgehead atoms. The van der Waals surface area contributed by atoms with E-state index in [1.165, 1.54) is 31.2 Å². The fraction of sp³-hybridized carbons (Fsp3) is 0.625. The van der Waals surface area contributed by atoms with E-state index in [2.05, 4.69) is 12.2 Å². The second kappa shape index (κ2) is 7.52. The molecule has 0 amide bonds. The predicted molar refractivity (Wildman–Crippen MR) is 84.2 cm³/mol. The largest absolute Gasteiger partial charge is 0.316 e. The van der Waals surface area contributed by atoms with E-state index in [1.54, 1.807) is 0 Å². The van der Waals surface area contributed by atoms with Gasteiger partial charge in [-0.1, -0.05) is 49.0 Å². The van der Waals surface area contributed by atoms with Crippen molar-refractivity contribution in [1.82, 2.24) is 5.32 Å². The summed E-state index contributed by atoms with van der Waals surface area (Å²) in [6.45, 7) is 4.51. The molecule has 0 heterocycles. The zero-order chi connectivity index (χ0) is 13.7. The fourth-order valence-corrected chi connectivity index (χ4v) is 3.29. The molecule has 0 spiro atoms. The molecule has 1 aromatic rings. The van der Waals surface area contributed by atoms with Crippen LogP contribution in [0.15, 0.2) is 18.2 Å². The summed E-state index contributed by atoms with van der Waals surface area (Å²) in [5, 5.41) is 5.05. The predicted octanol–water partition coefficient (Wildman–Crippen LogP) is 4.95. The number of benzene rings is 1. The highest BCUT2D eigenvalue weighted by atomic mass is 35.5. The minimum absolute atomic E-state index is 0.707. The van der Waals surface area contributed by atoms with Gasteiger partial charge >= 0.3 is 0 Å². The van der Waals surface area contributed by atoms with Crippen molar-refractivity contribution >= 4 is 23.2 Å². The van der Waals surface area contributed by atoms with Gasteiger partial charge in [-0.2, -0.15) is 0 Å². The van der Waals surface area contributed by atoms with Crippen molar-refractivity contribution in [3.63, 3.8) is 0 Å². The van der Waals surface area contributed by atoms with Crippen LogP contribution in [0.1, 0.15) is 38.2 Å². The quantitative estimate of drug-likeness (QED) is 0.758. The Balaban J connectivity index is 1.66. The van der Waals surface area contributed by atoms with Crippen LogP contribution in [0.4, 0.5) is 0 Å². The molecule has 1 aromatic carbocycles. The third-order valence-electron chi connectivity index (χ3n) is 4.15. The van der Waals surface area contributed by atoms with Gasteiger partial charge in [-0.25, -0.2) is 0 Å². The van der Waals surface area contributed by atoms with E-state index in [9.17, 15) is 0 Å². The van der Waals surface area contributed by atoms with Crippen LogP contribution < -0.4 is 5.32 Å². The molecule has 19 heavy (non-hydrogen) atoms. The summed E-state index contributed by atoms with van der Waals surface area (Å²) in [6.07, 6.45) is 6.54. The Hall–Kier alpha value is -0.240. The van der Waals surface area contributed by atoms with Crippen LogP contribution in [0.3, 0.4) is 0 Å². The van der Waals surface area contributed by atoms with Crippen molar-refractivity contribution in [2.45, 2.75) is 39.0 Å². The van der Waals surface area contributed by atoms with Gasteiger partial charge in [0.25, 0.3) is 0 Å². The highest BCUT2D eigenvalue weighted by Crippen LogP contribution is 2.27. The van der Waals surface area contributed by atoms with Crippen LogP contribution in [-0.4, -0.2) is 13.1 Å². The summed E-state index contributed by atoms with van der Waals surface area (Å²) in [4.78, 5) is 0. The highest BCUT2D eigenvalue weighted by molar-refractivity contribution is 6.35. The van der Waals surface area contributed by atoms with E-state index in [-0.39, 0.29) is 0 Å². The maximum atomic E-state index is 6.16. The first-order valence-corrected chi connectivity index (χ1v) is 8.05. The summed E-state index contributed by atoms with van der Waals surface area (Å²) < 4.78 is 0. The molecule has 1 fully saturated rings. The summed E-state index contributed by atoms with van der Waals surface area (Å²) in [6, 6.07) is 5.75. The fourth-order valence-electron chi connectivity index (χ4n) is 2.79. The summed E-state index contributed by atoms with van der Waals surface area (Å²) in [7, 11) is 0. The van der Waals surface area contributed by atoms with Crippen LogP contribution in [0.5, 0.6) is 0 Å². The van der Waals surface area contributed by atoms with Crippen molar-refractivity contribution in [2.75, 3.05) is 13.1 Å². The summed E-state index contributed by atoms with van der Waals surface area (Å²) in [5.41, 5.74) is 1.18. The zero-order valence-electron chi connectivity index (χ0n) is 11.6. The molecule has 1 aliphatic rings. The minimum atomic E-state index is 0.707. The molecule has 0 unspecified atom stereocenters. The van der Waals surface area contributed by atoms with E-state index in [1.807, 2.05) is 18.2 Å². The Morgan fingerprint density at radius 3 is 2.58 bits per heavy atom. The maximum absolute atomic E-state index is 6.16. The number of halogens is 2. The van der Waals surface area contributed by atoms with Crippen molar-refractivity contribution in [2.24, 2.45) is 11.8 Å². The minimum Gasteiger partial charge on any atom is -0.316 e. The zero-order valence-corrected chi connectivity index (χ0v) is 13.1. The standard InChI is InChI=1S/C16H23Cl2N/c1-12-2-4-13(5-3-12)11-19-9-8-14-6-7-15(17)10-16(14)18/h6-7,10,12-13,19H,2-5,8-9,11H2,1H3. The van der Waals surface area contributed by atoms with E-state index in [0.29, 0.717) is 5.02 Å². The first kappa shape index (κ1) is 15.2. The molecular weight excluding hydrogens is 277 g/mol. The Labute approximate surface area is 126 Å². The van der Waals surface area contributed by atoms with Gasteiger partial charge in [0, 0.05) is 10.0 Å². The van der Waals surface area contributed by atoms with Gasteiger partial charge in [0.2, 0.25) is 0 Å². The van der Waals surface area contributed by atoms with Crippen LogP contribution in [0.2, 0.25) is 10.0 Å². The molecular formula is C16H23Cl2N. The molecule has 0 aromatic heterocycles. The monoisotopic (exact) mass is 299 g/mol. The van der Waals surface area contributed by atoms with Gasteiger partial charge in [-0.3, -0.25) is 0 Å². The van der Waals surface area contributed by atoms with E-state index in [0.717, 1.165) is 36.4 Å². The van der Waals surface area contributed by atoms with Crippen LogP contribution in [0.25, 0.3) is 0 Å². The van der Waals surface area contributed by atoms with Crippen molar-refractivity contribution < 1.29 is 0 Å². The molecule has 1 N–H and O–H groups in total. The van der Waals surface area contributed by atoms with Gasteiger partial charge in [0.05, 0.1) is 0 Å². The van der Waals surface area contributed by atoms with Gasteiger partial charge in [0.15, 0.2) is 0 Å². The third kappa shape index (κ3) is 4.98. The Morgan fingerprint density at radius 2 is 1.89 bits per heavy atom. The molecule has 0 radical (unpaired) electrons. The SMILES string of the molecule is CC1CCC(CNCCc2ccc(Cl)cc2Cl)CC1. The van der Waals surface area contributed by atoms with Gasteiger partial charge in [-0.05, 0) is 61.9 Å². The summed E-state index contributed by atoms with van der Waals surface area (Å²) >= 11 is 12.1. The average Bonchev–Trinajstić information content (AvgIpc) is 2.39. The van der Waals surface area contributed by atoms with Crippen molar-refractivity contribution in [3.8, 4) is 0 Å². The number of nitrogens with one attached hydrogen (secondary N) is 1. The first-order valence-electron chi connectivity index (χ1n) is 7.30. The van der Waals surface area contributed by atoms with Gasteiger partial charge in [-0.15, -0.1) is 0 Å². The van der Waals surface area contributed by atoms with E-state index in [4.69, 9.17) is 23.2 Å². The van der Waals surface area contributed by atoms with Gasteiger partial charge in [0.1, 0.15) is 0 Å². The van der Waals surface area contributed by atoms with Gasteiger partial charge < -0.3 is 5.32 Å². The second-order valence-electron chi connectivity index (χ2n) is 5.82.